The SMILES string of the molecule is CC(NC(=O)C(=O)N1CCNCC1)c1ccc(F)cc1. The minimum atomic E-state index is -0.622. The Hall–Kier alpha value is -1.95. The summed E-state index contributed by atoms with van der Waals surface area (Å²) in [6.07, 6.45) is 0. The lowest BCUT2D eigenvalue weighted by molar-refractivity contribution is -0.146. The fourth-order valence-corrected chi connectivity index (χ4v) is 2.10. The van der Waals surface area contributed by atoms with Gasteiger partial charge in [-0.15, -0.1) is 0 Å². The smallest absolute Gasteiger partial charge is 0.311 e. The highest BCUT2D eigenvalue weighted by atomic mass is 19.1. The number of nitrogens with one attached hydrogen (secondary N) is 2. The Morgan fingerprint density at radius 2 is 1.85 bits per heavy atom. The molecular weight excluding hydrogens is 261 g/mol. The molecule has 1 atom stereocenters. The van der Waals surface area contributed by atoms with E-state index < -0.39 is 11.8 Å². The molecule has 1 aromatic carbocycles. The maximum atomic E-state index is 12.8. The van der Waals surface area contributed by atoms with Gasteiger partial charge in [0.05, 0.1) is 6.04 Å². The average Bonchev–Trinajstić information content (AvgIpc) is 2.48. The molecular formula is C14H18FN3O2. The van der Waals surface area contributed by atoms with E-state index in [-0.39, 0.29) is 11.9 Å². The van der Waals surface area contributed by atoms with E-state index in [9.17, 15) is 14.0 Å². The van der Waals surface area contributed by atoms with E-state index in [2.05, 4.69) is 10.6 Å². The maximum absolute atomic E-state index is 12.8. The van der Waals surface area contributed by atoms with E-state index >= 15 is 0 Å². The van der Waals surface area contributed by atoms with Crippen LogP contribution in [0.3, 0.4) is 0 Å². The van der Waals surface area contributed by atoms with Crippen LogP contribution < -0.4 is 10.6 Å². The van der Waals surface area contributed by atoms with Crippen molar-refractivity contribution in [1.29, 1.82) is 0 Å². The molecule has 0 saturated carbocycles. The van der Waals surface area contributed by atoms with Crippen LogP contribution in [0.15, 0.2) is 24.3 Å². The normalized spacial score (nSPS) is 16.6. The van der Waals surface area contributed by atoms with Gasteiger partial charge in [0.1, 0.15) is 5.82 Å². The first-order chi connectivity index (χ1) is 9.58. The fourth-order valence-electron chi connectivity index (χ4n) is 2.10. The van der Waals surface area contributed by atoms with Crippen LogP contribution >= 0.6 is 0 Å². The van der Waals surface area contributed by atoms with Crippen LogP contribution in [0.25, 0.3) is 0 Å². The van der Waals surface area contributed by atoms with E-state index in [0.29, 0.717) is 26.2 Å². The lowest BCUT2D eigenvalue weighted by Gasteiger charge is -2.27. The average molecular weight is 279 g/mol. The number of hydrogen-bond acceptors (Lipinski definition) is 3. The summed E-state index contributed by atoms with van der Waals surface area (Å²) < 4.78 is 12.8. The molecule has 1 saturated heterocycles. The largest absolute Gasteiger partial charge is 0.341 e. The zero-order valence-electron chi connectivity index (χ0n) is 11.4. The number of piperazine rings is 1. The Morgan fingerprint density at radius 1 is 1.25 bits per heavy atom. The lowest BCUT2D eigenvalue weighted by Crippen LogP contribution is -2.51. The van der Waals surface area contributed by atoms with E-state index in [4.69, 9.17) is 0 Å². The molecule has 1 aliphatic rings. The molecule has 1 aromatic rings. The highest BCUT2D eigenvalue weighted by molar-refractivity contribution is 6.35. The second kappa shape index (κ2) is 6.47. The summed E-state index contributed by atoms with van der Waals surface area (Å²) in [5.74, 6) is -1.46. The highest BCUT2D eigenvalue weighted by Crippen LogP contribution is 2.12. The summed E-state index contributed by atoms with van der Waals surface area (Å²) in [7, 11) is 0. The number of hydrogen-bond donors (Lipinski definition) is 2. The molecule has 0 radical (unpaired) electrons. The van der Waals surface area contributed by atoms with E-state index in [0.717, 1.165) is 5.56 Å². The van der Waals surface area contributed by atoms with Gasteiger partial charge in [-0.3, -0.25) is 9.59 Å². The minimum absolute atomic E-state index is 0.329. The van der Waals surface area contributed by atoms with Gasteiger partial charge in [-0.25, -0.2) is 4.39 Å². The van der Waals surface area contributed by atoms with Crippen molar-refractivity contribution in [3.8, 4) is 0 Å². The third-order valence-corrected chi connectivity index (χ3v) is 3.32. The van der Waals surface area contributed by atoms with Gasteiger partial charge in [0.15, 0.2) is 0 Å². The Kier molecular flexibility index (Phi) is 4.68. The standard InChI is InChI=1S/C14H18FN3O2/c1-10(11-2-4-12(15)5-3-11)17-13(19)14(20)18-8-6-16-7-9-18/h2-5,10,16H,6-9H2,1H3,(H,17,19). The van der Waals surface area contributed by atoms with Crippen LogP contribution in [-0.2, 0) is 9.59 Å². The molecule has 1 fully saturated rings. The first kappa shape index (κ1) is 14.5. The number of carbonyl (C=O) groups is 2. The fraction of sp³-hybridized carbons (Fsp3) is 0.429. The molecule has 6 heteroatoms. The third kappa shape index (κ3) is 3.54. The van der Waals surface area contributed by atoms with Crippen LogP contribution in [0.2, 0.25) is 0 Å². The molecule has 0 aromatic heterocycles. The molecule has 2 amide bonds. The predicted molar refractivity (Wildman–Crippen MR) is 72.4 cm³/mol. The minimum Gasteiger partial charge on any atom is -0.341 e. The molecule has 5 nitrogen and oxygen atoms in total. The van der Waals surface area contributed by atoms with Crippen molar-refractivity contribution in [2.24, 2.45) is 0 Å². The Balaban J connectivity index is 1.92. The van der Waals surface area contributed by atoms with Crippen LogP contribution in [0.1, 0.15) is 18.5 Å². The van der Waals surface area contributed by atoms with Gasteiger partial charge >= 0.3 is 11.8 Å². The molecule has 2 N–H and O–H groups in total. The van der Waals surface area contributed by atoms with E-state index in [1.54, 1.807) is 19.1 Å². The molecule has 20 heavy (non-hydrogen) atoms. The summed E-state index contributed by atoms with van der Waals surface area (Å²) in [5, 5.41) is 5.76. The van der Waals surface area contributed by atoms with Crippen LogP contribution in [0, 0.1) is 5.82 Å². The second-order valence-corrected chi connectivity index (χ2v) is 4.79. The van der Waals surface area contributed by atoms with E-state index in [1.807, 2.05) is 0 Å². The Labute approximate surface area is 117 Å². The topological polar surface area (TPSA) is 61.4 Å². The molecule has 1 heterocycles. The molecule has 2 rings (SSSR count). The molecule has 1 aliphatic heterocycles. The number of rotatable bonds is 2. The number of halogens is 1. The lowest BCUT2D eigenvalue weighted by atomic mass is 10.1. The van der Waals surface area contributed by atoms with E-state index in [1.165, 1.54) is 17.0 Å². The monoisotopic (exact) mass is 279 g/mol. The summed E-state index contributed by atoms with van der Waals surface area (Å²) in [5.41, 5.74) is 0.757. The predicted octanol–water partition coefficient (Wildman–Crippen LogP) is 0.435. The molecule has 0 spiro atoms. The quantitative estimate of drug-likeness (QED) is 0.772. The van der Waals surface area contributed by atoms with Crippen molar-refractivity contribution in [2.45, 2.75) is 13.0 Å². The van der Waals surface area contributed by atoms with Gasteiger partial charge in [0.25, 0.3) is 0 Å². The molecule has 0 bridgehead atoms. The van der Waals surface area contributed by atoms with Crippen molar-refractivity contribution >= 4 is 11.8 Å². The summed E-state index contributed by atoms with van der Waals surface area (Å²) in [6.45, 7) is 4.24. The molecule has 0 aliphatic carbocycles. The zero-order chi connectivity index (χ0) is 14.5. The summed E-state index contributed by atoms with van der Waals surface area (Å²) in [4.78, 5) is 25.4. The van der Waals surface area contributed by atoms with Crippen molar-refractivity contribution in [2.75, 3.05) is 26.2 Å². The van der Waals surface area contributed by atoms with Gasteiger partial charge in [-0.2, -0.15) is 0 Å². The summed E-state index contributed by atoms with van der Waals surface area (Å²) >= 11 is 0. The van der Waals surface area contributed by atoms with Crippen LogP contribution in [0.4, 0.5) is 4.39 Å². The van der Waals surface area contributed by atoms with Crippen LogP contribution in [0.5, 0.6) is 0 Å². The van der Waals surface area contributed by atoms with Crippen LogP contribution in [-0.4, -0.2) is 42.9 Å². The van der Waals surface area contributed by atoms with Gasteiger partial charge < -0.3 is 15.5 Å². The number of benzene rings is 1. The molecule has 108 valence electrons. The molecule has 1 unspecified atom stereocenters. The van der Waals surface area contributed by atoms with Crippen molar-refractivity contribution in [1.82, 2.24) is 15.5 Å². The van der Waals surface area contributed by atoms with Gasteiger partial charge in [-0.05, 0) is 24.6 Å². The maximum Gasteiger partial charge on any atom is 0.311 e. The van der Waals surface area contributed by atoms with Gasteiger partial charge in [0, 0.05) is 26.2 Å². The first-order valence-corrected chi connectivity index (χ1v) is 6.64. The second-order valence-electron chi connectivity index (χ2n) is 4.79. The first-order valence-electron chi connectivity index (χ1n) is 6.64. The third-order valence-electron chi connectivity index (χ3n) is 3.32. The van der Waals surface area contributed by atoms with Crippen molar-refractivity contribution in [3.63, 3.8) is 0 Å². The van der Waals surface area contributed by atoms with Crippen molar-refractivity contribution < 1.29 is 14.0 Å². The Bertz CT molecular complexity index is 484. The highest BCUT2D eigenvalue weighted by Gasteiger charge is 2.24. The van der Waals surface area contributed by atoms with Gasteiger partial charge in [-0.1, -0.05) is 12.1 Å². The Morgan fingerprint density at radius 3 is 2.45 bits per heavy atom. The number of carbonyl (C=O) groups excluding carboxylic acids is 2. The number of nitrogens with zero attached hydrogens (tertiary/aromatic N) is 1. The van der Waals surface area contributed by atoms with Crippen molar-refractivity contribution in [3.05, 3.63) is 35.6 Å². The summed E-state index contributed by atoms with van der Waals surface area (Å²) in [6, 6.07) is 5.51. The van der Waals surface area contributed by atoms with Gasteiger partial charge in [0.2, 0.25) is 0 Å². The zero-order valence-corrected chi connectivity index (χ0v) is 11.4. The number of amides is 2.